The third-order valence-corrected chi connectivity index (χ3v) is 4.68. The molecule has 1 amide bonds. The Morgan fingerprint density at radius 1 is 1.22 bits per heavy atom. The van der Waals surface area contributed by atoms with E-state index in [2.05, 4.69) is 15.0 Å². The van der Waals surface area contributed by atoms with Crippen LogP contribution in [0.3, 0.4) is 0 Å². The van der Waals surface area contributed by atoms with Gasteiger partial charge in [0.1, 0.15) is 17.4 Å². The number of hydrogen-bond acceptors (Lipinski definition) is 6. The van der Waals surface area contributed by atoms with Gasteiger partial charge in [0.05, 0.1) is 19.3 Å². The summed E-state index contributed by atoms with van der Waals surface area (Å²) in [5, 5.41) is 0. The number of ether oxygens (including phenoxy) is 2. The van der Waals surface area contributed by atoms with Gasteiger partial charge in [-0.15, -0.1) is 0 Å². The molecule has 4 heterocycles. The van der Waals surface area contributed by atoms with Crippen molar-refractivity contribution in [1.82, 2.24) is 24.3 Å². The number of aryl methyl sites for hydroxylation is 1. The maximum atomic E-state index is 13.2. The molecule has 140 valence electrons. The van der Waals surface area contributed by atoms with Crippen LogP contribution >= 0.6 is 0 Å². The Labute approximate surface area is 156 Å². The molecule has 0 aromatic carbocycles. The largest absolute Gasteiger partial charge is 0.477 e. The number of hydrogen-bond donors (Lipinski definition) is 0. The molecule has 0 bridgehead atoms. The number of imidazole rings is 1. The molecule has 0 N–H and O–H groups in total. The van der Waals surface area contributed by atoms with Gasteiger partial charge in [-0.1, -0.05) is 6.07 Å². The van der Waals surface area contributed by atoms with Crippen molar-refractivity contribution in [3.63, 3.8) is 0 Å². The minimum Gasteiger partial charge on any atom is -0.477 e. The van der Waals surface area contributed by atoms with Crippen molar-refractivity contribution in [2.45, 2.75) is 25.9 Å². The molecule has 1 aliphatic rings. The third kappa shape index (κ3) is 3.30. The number of aromatic nitrogens is 4. The van der Waals surface area contributed by atoms with Gasteiger partial charge < -0.3 is 14.4 Å². The number of amides is 1. The van der Waals surface area contributed by atoms with Crippen LogP contribution in [0.5, 0.6) is 11.8 Å². The number of rotatable bonds is 4. The SMILES string of the molecule is COc1nccnc1O[C@H]1CCCN(C(=O)c2c(C)nc3ccccn23)C1. The molecule has 1 aliphatic heterocycles. The quantitative estimate of drug-likeness (QED) is 0.703. The maximum Gasteiger partial charge on any atom is 0.278 e. The fourth-order valence-electron chi connectivity index (χ4n) is 3.43. The molecule has 1 atom stereocenters. The Morgan fingerprint density at radius 2 is 2.04 bits per heavy atom. The van der Waals surface area contributed by atoms with E-state index in [9.17, 15) is 4.79 Å². The first-order valence-corrected chi connectivity index (χ1v) is 8.92. The van der Waals surface area contributed by atoms with E-state index in [1.807, 2.05) is 40.6 Å². The van der Waals surface area contributed by atoms with Crippen LogP contribution in [-0.4, -0.2) is 56.5 Å². The van der Waals surface area contributed by atoms with E-state index in [1.54, 1.807) is 12.4 Å². The van der Waals surface area contributed by atoms with Crippen molar-refractivity contribution in [1.29, 1.82) is 0 Å². The van der Waals surface area contributed by atoms with Crippen LogP contribution in [0.1, 0.15) is 29.0 Å². The highest BCUT2D eigenvalue weighted by molar-refractivity contribution is 5.94. The molecule has 0 radical (unpaired) electrons. The van der Waals surface area contributed by atoms with E-state index in [0.29, 0.717) is 30.5 Å². The number of piperidine rings is 1. The summed E-state index contributed by atoms with van der Waals surface area (Å²) in [4.78, 5) is 27.8. The van der Waals surface area contributed by atoms with E-state index < -0.39 is 0 Å². The summed E-state index contributed by atoms with van der Waals surface area (Å²) in [6.45, 7) is 3.04. The van der Waals surface area contributed by atoms with Crippen molar-refractivity contribution in [2.75, 3.05) is 20.2 Å². The first-order chi connectivity index (χ1) is 13.2. The van der Waals surface area contributed by atoms with Gasteiger partial charge in [0.2, 0.25) is 0 Å². The molecule has 1 fully saturated rings. The lowest BCUT2D eigenvalue weighted by Gasteiger charge is -2.32. The Morgan fingerprint density at radius 3 is 2.85 bits per heavy atom. The third-order valence-electron chi connectivity index (χ3n) is 4.68. The zero-order chi connectivity index (χ0) is 18.8. The highest BCUT2D eigenvalue weighted by Crippen LogP contribution is 2.25. The van der Waals surface area contributed by atoms with Gasteiger partial charge in [-0.25, -0.2) is 15.0 Å². The van der Waals surface area contributed by atoms with E-state index in [0.717, 1.165) is 24.2 Å². The number of nitrogens with zero attached hydrogens (tertiary/aromatic N) is 5. The summed E-state index contributed by atoms with van der Waals surface area (Å²) in [5.74, 6) is 0.662. The molecular formula is C19H21N5O3. The molecule has 0 saturated carbocycles. The summed E-state index contributed by atoms with van der Waals surface area (Å²) in [6.07, 6.45) is 6.52. The predicted octanol–water partition coefficient (Wildman–Crippen LogP) is 2.12. The average Bonchev–Trinajstić information content (AvgIpc) is 3.03. The topological polar surface area (TPSA) is 81.9 Å². The van der Waals surface area contributed by atoms with Crippen LogP contribution in [0, 0.1) is 6.92 Å². The number of likely N-dealkylation sites (tertiary alicyclic amines) is 1. The number of fused-ring (bicyclic) bond motifs is 1. The van der Waals surface area contributed by atoms with Crippen LogP contribution in [0.4, 0.5) is 0 Å². The van der Waals surface area contributed by atoms with Gasteiger partial charge in [-0.05, 0) is 31.9 Å². The van der Waals surface area contributed by atoms with Crippen molar-refractivity contribution < 1.29 is 14.3 Å². The molecule has 3 aromatic rings. The summed E-state index contributed by atoms with van der Waals surface area (Å²) in [6, 6.07) is 5.70. The lowest BCUT2D eigenvalue weighted by molar-refractivity contribution is 0.0512. The first kappa shape index (κ1) is 17.3. The van der Waals surface area contributed by atoms with Crippen LogP contribution < -0.4 is 9.47 Å². The van der Waals surface area contributed by atoms with Gasteiger partial charge in [-0.3, -0.25) is 9.20 Å². The van der Waals surface area contributed by atoms with Crippen LogP contribution in [0.15, 0.2) is 36.8 Å². The van der Waals surface area contributed by atoms with Gasteiger partial charge in [-0.2, -0.15) is 0 Å². The first-order valence-electron chi connectivity index (χ1n) is 8.92. The average molecular weight is 367 g/mol. The standard InChI is InChI=1S/C19H21N5O3/c1-13-16(24-11-4-3-7-15(24)22-13)19(25)23-10-5-6-14(12-23)27-18-17(26-2)20-8-9-21-18/h3-4,7-9,11,14H,5-6,10,12H2,1-2H3/t14-/m0/s1. The molecule has 0 spiro atoms. The maximum absolute atomic E-state index is 13.2. The second kappa shape index (κ2) is 7.22. The van der Waals surface area contributed by atoms with Crippen molar-refractivity contribution in [2.24, 2.45) is 0 Å². The molecule has 0 aliphatic carbocycles. The number of carbonyl (C=O) groups is 1. The molecule has 0 unspecified atom stereocenters. The van der Waals surface area contributed by atoms with E-state index >= 15 is 0 Å². The van der Waals surface area contributed by atoms with Gasteiger partial charge >= 0.3 is 0 Å². The van der Waals surface area contributed by atoms with E-state index in [-0.39, 0.29) is 12.0 Å². The summed E-state index contributed by atoms with van der Waals surface area (Å²) < 4.78 is 13.0. The lowest BCUT2D eigenvalue weighted by Crippen LogP contribution is -2.45. The highest BCUT2D eigenvalue weighted by atomic mass is 16.5. The molecule has 4 rings (SSSR count). The van der Waals surface area contributed by atoms with Crippen molar-refractivity contribution in [3.05, 3.63) is 48.2 Å². The fraction of sp³-hybridized carbons (Fsp3) is 0.368. The van der Waals surface area contributed by atoms with Crippen LogP contribution in [0.2, 0.25) is 0 Å². The number of carbonyl (C=O) groups excluding carboxylic acids is 1. The van der Waals surface area contributed by atoms with Crippen LogP contribution in [-0.2, 0) is 0 Å². The Balaban J connectivity index is 1.54. The lowest BCUT2D eigenvalue weighted by atomic mass is 10.1. The molecule has 8 heteroatoms. The molecule has 1 saturated heterocycles. The van der Waals surface area contributed by atoms with Gasteiger partial charge in [0.25, 0.3) is 17.7 Å². The molecule has 3 aromatic heterocycles. The zero-order valence-corrected chi connectivity index (χ0v) is 15.3. The minimum atomic E-state index is -0.159. The minimum absolute atomic E-state index is 0.0365. The summed E-state index contributed by atoms with van der Waals surface area (Å²) >= 11 is 0. The number of methoxy groups -OCH3 is 1. The second-order valence-electron chi connectivity index (χ2n) is 6.48. The van der Waals surface area contributed by atoms with Gasteiger partial charge in [0, 0.05) is 25.1 Å². The molecular weight excluding hydrogens is 346 g/mol. The Kier molecular flexibility index (Phi) is 4.62. The second-order valence-corrected chi connectivity index (χ2v) is 6.48. The summed E-state index contributed by atoms with van der Waals surface area (Å²) in [5.41, 5.74) is 2.10. The van der Waals surface area contributed by atoms with Crippen molar-refractivity contribution >= 4 is 11.6 Å². The monoisotopic (exact) mass is 367 g/mol. The summed E-state index contributed by atoms with van der Waals surface area (Å²) in [7, 11) is 1.53. The fourth-order valence-corrected chi connectivity index (χ4v) is 3.43. The number of pyridine rings is 1. The normalized spacial score (nSPS) is 17.1. The van der Waals surface area contributed by atoms with E-state index in [1.165, 1.54) is 7.11 Å². The predicted molar refractivity (Wildman–Crippen MR) is 98.1 cm³/mol. The van der Waals surface area contributed by atoms with Crippen molar-refractivity contribution in [3.8, 4) is 11.8 Å². The zero-order valence-electron chi connectivity index (χ0n) is 15.3. The van der Waals surface area contributed by atoms with Crippen LogP contribution in [0.25, 0.3) is 5.65 Å². The van der Waals surface area contributed by atoms with E-state index in [4.69, 9.17) is 9.47 Å². The highest BCUT2D eigenvalue weighted by Gasteiger charge is 2.29. The smallest absolute Gasteiger partial charge is 0.278 e. The Bertz CT molecular complexity index is 971. The Hall–Kier alpha value is -3.16. The molecule has 8 nitrogen and oxygen atoms in total. The molecule has 27 heavy (non-hydrogen) atoms. The van der Waals surface area contributed by atoms with Gasteiger partial charge in [0.15, 0.2) is 0 Å².